The van der Waals surface area contributed by atoms with Crippen LogP contribution in [0.15, 0.2) is 28.7 Å². The summed E-state index contributed by atoms with van der Waals surface area (Å²) in [6.45, 7) is 2.28. The third kappa shape index (κ3) is 1.42. The maximum Gasteiger partial charge on any atom is 0.0210 e. The molecule has 1 fully saturated rings. The predicted octanol–water partition coefficient (Wildman–Crippen LogP) is 3.96. The van der Waals surface area contributed by atoms with Gasteiger partial charge < -0.3 is 0 Å². The minimum Gasteiger partial charge on any atom is -0.0651 e. The quantitative estimate of drug-likeness (QED) is 0.714. The zero-order chi connectivity index (χ0) is 8.55. The van der Waals surface area contributed by atoms with Gasteiger partial charge in [-0.3, -0.25) is 0 Å². The lowest BCUT2D eigenvalue weighted by Gasteiger charge is -2.01. The van der Waals surface area contributed by atoms with Gasteiger partial charge in [0.2, 0.25) is 0 Å². The molecule has 1 heteroatoms. The molecule has 0 saturated heterocycles. The Labute approximate surface area is 82.1 Å². The van der Waals surface area contributed by atoms with E-state index in [1.54, 1.807) is 0 Å². The Morgan fingerprint density at radius 3 is 2.75 bits per heavy atom. The van der Waals surface area contributed by atoms with Gasteiger partial charge in [0.25, 0.3) is 0 Å². The van der Waals surface area contributed by atoms with Crippen LogP contribution in [0.25, 0.3) is 0 Å². The maximum absolute atomic E-state index is 3.59. The van der Waals surface area contributed by atoms with Gasteiger partial charge in [-0.2, -0.15) is 0 Å². The Bertz CT molecular complexity index is 280. The molecule has 0 radical (unpaired) electrons. The minimum atomic E-state index is 0.838. The van der Waals surface area contributed by atoms with Crippen molar-refractivity contribution in [2.45, 2.75) is 25.7 Å². The van der Waals surface area contributed by atoms with Crippen LogP contribution in [-0.4, -0.2) is 0 Å². The first-order valence-electron chi connectivity index (χ1n) is 4.57. The van der Waals surface area contributed by atoms with Crippen molar-refractivity contribution >= 4 is 15.9 Å². The van der Waals surface area contributed by atoms with Gasteiger partial charge in [-0.15, -0.1) is 0 Å². The van der Waals surface area contributed by atoms with Crippen LogP contribution >= 0.6 is 15.9 Å². The van der Waals surface area contributed by atoms with Crippen molar-refractivity contribution < 1.29 is 0 Å². The molecule has 1 aromatic rings. The second-order valence-electron chi connectivity index (χ2n) is 3.53. The lowest BCUT2D eigenvalue weighted by molar-refractivity contribution is 0.765. The largest absolute Gasteiger partial charge is 0.0651 e. The highest BCUT2D eigenvalue weighted by Gasteiger charge is 2.37. The molecule has 2 unspecified atom stereocenters. The maximum atomic E-state index is 3.59. The van der Waals surface area contributed by atoms with Crippen molar-refractivity contribution in [1.82, 2.24) is 0 Å². The Hall–Kier alpha value is -0.300. The normalized spacial score (nSPS) is 27.2. The van der Waals surface area contributed by atoms with E-state index in [1.165, 1.54) is 22.9 Å². The summed E-state index contributed by atoms with van der Waals surface area (Å²) in [6.07, 6.45) is 2.71. The summed E-state index contributed by atoms with van der Waals surface area (Å²) in [5.41, 5.74) is 1.50. The van der Waals surface area contributed by atoms with E-state index in [4.69, 9.17) is 0 Å². The number of halogens is 1. The molecule has 2 rings (SSSR count). The smallest absolute Gasteiger partial charge is 0.0210 e. The summed E-state index contributed by atoms with van der Waals surface area (Å²) >= 11 is 3.59. The zero-order valence-corrected chi connectivity index (χ0v) is 8.84. The molecule has 0 aliphatic heterocycles. The van der Waals surface area contributed by atoms with E-state index in [0.29, 0.717) is 0 Å². The molecular formula is C11H13Br. The van der Waals surface area contributed by atoms with Gasteiger partial charge in [0, 0.05) is 4.47 Å². The number of rotatable bonds is 2. The summed E-state index contributed by atoms with van der Waals surface area (Å²) in [5, 5.41) is 0. The molecule has 0 aromatic heterocycles. The van der Waals surface area contributed by atoms with E-state index in [1.807, 2.05) is 0 Å². The van der Waals surface area contributed by atoms with E-state index in [-0.39, 0.29) is 0 Å². The average molecular weight is 225 g/mol. The van der Waals surface area contributed by atoms with Crippen LogP contribution in [0.3, 0.4) is 0 Å². The van der Waals surface area contributed by atoms with Crippen molar-refractivity contribution in [3.05, 3.63) is 34.3 Å². The molecule has 0 bridgehead atoms. The van der Waals surface area contributed by atoms with E-state index < -0.39 is 0 Å². The summed E-state index contributed by atoms with van der Waals surface area (Å²) in [7, 11) is 0. The minimum absolute atomic E-state index is 0.838. The number of hydrogen-bond acceptors (Lipinski definition) is 0. The van der Waals surface area contributed by atoms with E-state index in [0.717, 1.165) is 11.8 Å². The molecule has 0 spiro atoms. The molecule has 1 aliphatic rings. The van der Waals surface area contributed by atoms with Crippen molar-refractivity contribution in [1.29, 1.82) is 0 Å². The first-order valence-corrected chi connectivity index (χ1v) is 5.36. The van der Waals surface area contributed by atoms with Crippen molar-refractivity contribution in [2.75, 3.05) is 0 Å². The topological polar surface area (TPSA) is 0 Å². The van der Waals surface area contributed by atoms with E-state index in [2.05, 4.69) is 47.1 Å². The van der Waals surface area contributed by atoms with Gasteiger partial charge in [0.05, 0.1) is 0 Å². The monoisotopic (exact) mass is 224 g/mol. The van der Waals surface area contributed by atoms with Crippen LogP contribution < -0.4 is 0 Å². The Morgan fingerprint density at radius 2 is 2.17 bits per heavy atom. The molecule has 0 N–H and O–H groups in total. The first-order chi connectivity index (χ1) is 5.83. The summed E-state index contributed by atoms with van der Waals surface area (Å²) in [5.74, 6) is 1.79. The van der Waals surface area contributed by atoms with Crippen LogP contribution in [0.5, 0.6) is 0 Å². The van der Waals surface area contributed by atoms with Crippen LogP contribution in [0.2, 0.25) is 0 Å². The highest BCUT2D eigenvalue weighted by Crippen LogP contribution is 2.51. The molecule has 12 heavy (non-hydrogen) atoms. The van der Waals surface area contributed by atoms with E-state index in [9.17, 15) is 0 Å². The lowest BCUT2D eigenvalue weighted by atomic mass is 10.1. The molecule has 1 aliphatic carbocycles. The fourth-order valence-corrected chi connectivity index (χ4v) is 2.43. The SMILES string of the molecule is CCC1CC1c1ccccc1Br. The Balaban J connectivity index is 2.19. The van der Waals surface area contributed by atoms with Crippen LogP contribution in [-0.2, 0) is 0 Å². The summed E-state index contributed by atoms with van der Waals surface area (Å²) in [6, 6.07) is 8.59. The van der Waals surface area contributed by atoms with Gasteiger partial charge in [0.15, 0.2) is 0 Å². The van der Waals surface area contributed by atoms with Crippen molar-refractivity contribution in [3.63, 3.8) is 0 Å². The van der Waals surface area contributed by atoms with Crippen LogP contribution in [0.1, 0.15) is 31.2 Å². The van der Waals surface area contributed by atoms with Gasteiger partial charge in [-0.05, 0) is 29.9 Å². The zero-order valence-electron chi connectivity index (χ0n) is 7.26. The lowest BCUT2D eigenvalue weighted by Crippen LogP contribution is -1.83. The molecule has 0 heterocycles. The predicted molar refractivity (Wildman–Crippen MR) is 55.3 cm³/mol. The number of hydrogen-bond donors (Lipinski definition) is 0. The second-order valence-corrected chi connectivity index (χ2v) is 4.39. The average Bonchev–Trinajstić information content (AvgIpc) is 2.84. The Morgan fingerprint density at radius 1 is 1.42 bits per heavy atom. The van der Waals surface area contributed by atoms with Crippen molar-refractivity contribution in [3.8, 4) is 0 Å². The summed E-state index contributed by atoms with van der Waals surface area (Å²) in [4.78, 5) is 0. The third-order valence-electron chi connectivity index (χ3n) is 2.75. The molecule has 2 atom stereocenters. The molecule has 1 saturated carbocycles. The molecular weight excluding hydrogens is 212 g/mol. The molecule has 64 valence electrons. The first kappa shape index (κ1) is 8.31. The van der Waals surface area contributed by atoms with Crippen LogP contribution in [0, 0.1) is 5.92 Å². The van der Waals surface area contributed by atoms with E-state index >= 15 is 0 Å². The standard InChI is InChI=1S/C11H13Br/c1-2-8-7-10(8)9-5-3-4-6-11(9)12/h3-6,8,10H,2,7H2,1H3. The molecule has 0 nitrogen and oxygen atoms in total. The van der Waals surface area contributed by atoms with Gasteiger partial charge in [-0.1, -0.05) is 47.5 Å². The van der Waals surface area contributed by atoms with Crippen LogP contribution in [0.4, 0.5) is 0 Å². The second kappa shape index (κ2) is 3.21. The Kier molecular flexibility index (Phi) is 2.22. The molecule has 0 amide bonds. The number of benzene rings is 1. The fourth-order valence-electron chi connectivity index (χ4n) is 1.86. The highest BCUT2D eigenvalue weighted by atomic mass is 79.9. The third-order valence-corrected chi connectivity index (χ3v) is 3.47. The fraction of sp³-hybridized carbons (Fsp3) is 0.455. The van der Waals surface area contributed by atoms with Gasteiger partial charge >= 0.3 is 0 Å². The van der Waals surface area contributed by atoms with Gasteiger partial charge in [0.1, 0.15) is 0 Å². The van der Waals surface area contributed by atoms with Gasteiger partial charge in [-0.25, -0.2) is 0 Å². The highest BCUT2D eigenvalue weighted by molar-refractivity contribution is 9.10. The van der Waals surface area contributed by atoms with Crippen molar-refractivity contribution in [2.24, 2.45) is 5.92 Å². The molecule has 1 aromatic carbocycles. The summed E-state index contributed by atoms with van der Waals surface area (Å²) < 4.78 is 1.28.